The standard InChI is InChI=1S/C20H15F2N3O3S2/c1-3-9-23-30(27,28)15-6-4-5-14(10-15)19(26)25-20-24-18(12(2)29-20)13-7-8-16(21)17(22)11-13/h1,4-8,10-11,23H,9H2,2H3,(H,24,25,26). The second kappa shape index (κ2) is 8.71. The van der Waals surface area contributed by atoms with Gasteiger partial charge < -0.3 is 0 Å². The maximum atomic E-state index is 13.5. The Bertz CT molecular complexity index is 1260. The van der Waals surface area contributed by atoms with Crippen molar-refractivity contribution < 1.29 is 22.0 Å². The minimum Gasteiger partial charge on any atom is -0.298 e. The number of nitrogens with one attached hydrogen (secondary N) is 2. The Kier molecular flexibility index (Phi) is 6.26. The molecule has 0 fully saturated rings. The van der Waals surface area contributed by atoms with Crippen molar-refractivity contribution >= 4 is 32.4 Å². The lowest BCUT2D eigenvalue weighted by molar-refractivity contribution is 0.102. The topological polar surface area (TPSA) is 88.2 Å². The number of hydrogen-bond acceptors (Lipinski definition) is 5. The summed E-state index contributed by atoms with van der Waals surface area (Å²) in [6.45, 7) is 1.55. The number of terminal acetylenes is 1. The summed E-state index contributed by atoms with van der Waals surface area (Å²) in [6.07, 6.45) is 5.06. The Balaban J connectivity index is 1.83. The average Bonchev–Trinajstić information content (AvgIpc) is 3.08. The van der Waals surface area contributed by atoms with E-state index in [-0.39, 0.29) is 22.1 Å². The minimum atomic E-state index is -3.85. The summed E-state index contributed by atoms with van der Waals surface area (Å²) in [5.74, 6) is -0.368. The van der Waals surface area contributed by atoms with Crippen LogP contribution in [0.5, 0.6) is 0 Å². The van der Waals surface area contributed by atoms with Gasteiger partial charge in [-0.15, -0.1) is 17.8 Å². The van der Waals surface area contributed by atoms with Crippen LogP contribution < -0.4 is 10.0 Å². The van der Waals surface area contributed by atoms with Gasteiger partial charge in [0, 0.05) is 16.0 Å². The number of carbonyl (C=O) groups excluding carboxylic acids is 1. The van der Waals surface area contributed by atoms with Gasteiger partial charge >= 0.3 is 0 Å². The van der Waals surface area contributed by atoms with Gasteiger partial charge in [0.15, 0.2) is 16.8 Å². The highest BCUT2D eigenvalue weighted by molar-refractivity contribution is 7.89. The van der Waals surface area contributed by atoms with Gasteiger partial charge in [0.25, 0.3) is 5.91 Å². The molecule has 3 aromatic rings. The van der Waals surface area contributed by atoms with Crippen LogP contribution in [0.15, 0.2) is 47.4 Å². The number of carbonyl (C=O) groups is 1. The first-order chi connectivity index (χ1) is 14.2. The number of halogens is 2. The zero-order chi connectivity index (χ0) is 21.9. The highest BCUT2D eigenvalue weighted by Crippen LogP contribution is 2.31. The van der Waals surface area contributed by atoms with Crippen molar-refractivity contribution in [3.63, 3.8) is 0 Å². The van der Waals surface area contributed by atoms with E-state index in [1.807, 2.05) is 0 Å². The Hall–Kier alpha value is -3.13. The highest BCUT2D eigenvalue weighted by Gasteiger charge is 2.18. The highest BCUT2D eigenvalue weighted by atomic mass is 32.2. The van der Waals surface area contributed by atoms with E-state index < -0.39 is 27.6 Å². The smallest absolute Gasteiger partial charge is 0.257 e. The van der Waals surface area contributed by atoms with E-state index in [0.29, 0.717) is 16.1 Å². The summed E-state index contributed by atoms with van der Waals surface area (Å²) in [4.78, 5) is 17.4. The summed E-state index contributed by atoms with van der Waals surface area (Å²) in [6, 6.07) is 8.85. The van der Waals surface area contributed by atoms with E-state index in [0.717, 1.165) is 23.5 Å². The Labute approximate surface area is 176 Å². The molecule has 0 aliphatic carbocycles. The molecular formula is C20H15F2N3O3S2. The van der Waals surface area contributed by atoms with Gasteiger partial charge in [0.05, 0.1) is 17.1 Å². The Morgan fingerprint density at radius 3 is 2.67 bits per heavy atom. The number of benzene rings is 2. The summed E-state index contributed by atoms with van der Waals surface area (Å²) in [5, 5.41) is 2.82. The zero-order valence-electron chi connectivity index (χ0n) is 15.6. The summed E-state index contributed by atoms with van der Waals surface area (Å²) in [7, 11) is -3.85. The molecule has 10 heteroatoms. The lowest BCUT2D eigenvalue weighted by Gasteiger charge is -2.06. The molecule has 0 aliphatic heterocycles. The van der Waals surface area contributed by atoms with Crippen molar-refractivity contribution in [1.82, 2.24) is 9.71 Å². The number of anilines is 1. The molecule has 6 nitrogen and oxygen atoms in total. The zero-order valence-corrected chi connectivity index (χ0v) is 17.2. The lowest BCUT2D eigenvalue weighted by Crippen LogP contribution is -2.24. The van der Waals surface area contributed by atoms with Gasteiger partial charge in [-0.3, -0.25) is 10.1 Å². The quantitative estimate of drug-likeness (QED) is 0.566. The molecule has 0 radical (unpaired) electrons. The SMILES string of the molecule is C#CCNS(=O)(=O)c1cccc(C(=O)Nc2nc(-c3ccc(F)c(F)c3)c(C)s2)c1. The molecule has 1 heterocycles. The van der Waals surface area contributed by atoms with Crippen LogP contribution in [-0.4, -0.2) is 25.9 Å². The molecule has 0 saturated carbocycles. The Morgan fingerprint density at radius 2 is 1.97 bits per heavy atom. The number of thiazole rings is 1. The Morgan fingerprint density at radius 1 is 1.20 bits per heavy atom. The summed E-state index contributed by atoms with van der Waals surface area (Å²) in [5.41, 5.74) is 0.876. The van der Waals surface area contributed by atoms with Gasteiger partial charge in [0.1, 0.15) is 0 Å². The van der Waals surface area contributed by atoms with E-state index in [1.54, 1.807) is 6.92 Å². The molecule has 0 unspecified atom stereocenters. The monoisotopic (exact) mass is 447 g/mol. The number of nitrogens with zero attached hydrogens (tertiary/aromatic N) is 1. The van der Waals surface area contributed by atoms with Crippen LogP contribution in [0.1, 0.15) is 15.2 Å². The summed E-state index contributed by atoms with van der Waals surface area (Å²) < 4.78 is 53.2. The molecule has 3 rings (SSSR count). The molecule has 1 aromatic heterocycles. The number of aromatic nitrogens is 1. The number of aryl methyl sites for hydroxylation is 1. The van der Waals surface area contributed by atoms with Crippen molar-refractivity contribution in [3.05, 3.63) is 64.5 Å². The first-order valence-corrected chi connectivity index (χ1v) is 10.8. The van der Waals surface area contributed by atoms with Crippen LogP contribution in [-0.2, 0) is 10.0 Å². The van der Waals surface area contributed by atoms with E-state index in [9.17, 15) is 22.0 Å². The van der Waals surface area contributed by atoms with Crippen LogP contribution in [0.4, 0.5) is 13.9 Å². The third-order valence-electron chi connectivity index (χ3n) is 3.98. The molecule has 0 saturated heterocycles. The van der Waals surface area contributed by atoms with E-state index >= 15 is 0 Å². The molecule has 1 amide bonds. The maximum Gasteiger partial charge on any atom is 0.257 e. The van der Waals surface area contributed by atoms with Crippen molar-refractivity contribution in [2.45, 2.75) is 11.8 Å². The third kappa shape index (κ3) is 4.71. The molecule has 154 valence electrons. The van der Waals surface area contributed by atoms with E-state index in [2.05, 4.69) is 20.9 Å². The molecule has 2 N–H and O–H groups in total. The van der Waals surface area contributed by atoms with Crippen LogP contribution in [0, 0.1) is 30.9 Å². The second-order valence-corrected chi connectivity index (χ2v) is 9.03. The van der Waals surface area contributed by atoms with E-state index in [1.165, 1.54) is 30.3 Å². The maximum absolute atomic E-state index is 13.5. The third-order valence-corrected chi connectivity index (χ3v) is 6.27. The van der Waals surface area contributed by atoms with Gasteiger partial charge in [-0.2, -0.15) is 4.72 Å². The average molecular weight is 447 g/mol. The first-order valence-electron chi connectivity index (χ1n) is 8.48. The number of sulfonamides is 1. The summed E-state index contributed by atoms with van der Waals surface area (Å²) >= 11 is 1.15. The van der Waals surface area contributed by atoms with Crippen LogP contribution in [0.25, 0.3) is 11.3 Å². The molecule has 0 aliphatic rings. The fraction of sp³-hybridized carbons (Fsp3) is 0.100. The van der Waals surface area contributed by atoms with Gasteiger partial charge in [-0.05, 0) is 43.3 Å². The largest absolute Gasteiger partial charge is 0.298 e. The van der Waals surface area contributed by atoms with Crippen molar-refractivity contribution in [2.24, 2.45) is 0 Å². The van der Waals surface area contributed by atoms with Crippen molar-refractivity contribution in [1.29, 1.82) is 0 Å². The molecular weight excluding hydrogens is 432 g/mol. The van der Waals surface area contributed by atoms with E-state index in [4.69, 9.17) is 6.42 Å². The predicted molar refractivity (Wildman–Crippen MR) is 111 cm³/mol. The number of rotatable bonds is 6. The molecule has 0 bridgehead atoms. The fourth-order valence-corrected chi connectivity index (χ4v) is 4.37. The second-order valence-electron chi connectivity index (χ2n) is 6.06. The van der Waals surface area contributed by atoms with Crippen LogP contribution in [0.2, 0.25) is 0 Å². The number of amides is 1. The minimum absolute atomic E-state index is 0.0980. The molecule has 0 atom stereocenters. The van der Waals surface area contributed by atoms with Crippen LogP contribution >= 0.6 is 11.3 Å². The normalized spacial score (nSPS) is 11.1. The molecule has 30 heavy (non-hydrogen) atoms. The van der Waals surface area contributed by atoms with Gasteiger partial charge in [-0.25, -0.2) is 22.2 Å². The first kappa shape index (κ1) is 21.6. The van der Waals surface area contributed by atoms with Gasteiger partial charge in [-0.1, -0.05) is 12.0 Å². The molecule has 2 aromatic carbocycles. The molecule has 0 spiro atoms. The lowest BCUT2D eigenvalue weighted by atomic mass is 10.1. The number of hydrogen-bond donors (Lipinski definition) is 2. The predicted octanol–water partition coefficient (Wildman–Crippen LogP) is 3.56. The van der Waals surface area contributed by atoms with Crippen molar-refractivity contribution in [2.75, 3.05) is 11.9 Å². The fourth-order valence-electron chi connectivity index (χ4n) is 2.55. The van der Waals surface area contributed by atoms with Gasteiger partial charge in [0.2, 0.25) is 10.0 Å². The van der Waals surface area contributed by atoms with Crippen molar-refractivity contribution in [3.8, 4) is 23.6 Å². The van der Waals surface area contributed by atoms with Crippen LogP contribution in [0.3, 0.4) is 0 Å².